The van der Waals surface area contributed by atoms with Crippen LogP contribution >= 0.6 is 0 Å². The van der Waals surface area contributed by atoms with E-state index in [0.29, 0.717) is 12.8 Å². The predicted molar refractivity (Wildman–Crippen MR) is 123 cm³/mol. The van der Waals surface area contributed by atoms with Crippen molar-refractivity contribution in [2.24, 2.45) is 0 Å². The molecule has 0 aliphatic carbocycles. The third kappa shape index (κ3) is 6.26. The summed E-state index contributed by atoms with van der Waals surface area (Å²) in [6.45, 7) is 12.7. The van der Waals surface area contributed by atoms with Gasteiger partial charge in [0, 0.05) is 20.8 Å². The standard InChI is InChI=1S/C25H38O12/c1-11-17(30-12(2)26)20(32-14(4)28)18(31-13(3)27)15(29-11)9-10-16-19-21(35-24(5,6)34-19)22-23(33-16)37-25(7,8)36-22/h11,15-23H,9-10H2,1-8H3/t11-,15-,16+,17+,18+,19-,20+,21-,22+,23+/m0/s1. The molecule has 4 rings (SSSR count). The van der Waals surface area contributed by atoms with Crippen LogP contribution in [0.3, 0.4) is 0 Å². The Morgan fingerprint density at radius 3 is 1.73 bits per heavy atom. The van der Waals surface area contributed by atoms with E-state index in [1.807, 2.05) is 27.7 Å². The maximum atomic E-state index is 12.0. The normalized spacial score (nSPS) is 41.8. The summed E-state index contributed by atoms with van der Waals surface area (Å²) in [7, 11) is 0. The van der Waals surface area contributed by atoms with Gasteiger partial charge in [-0.2, -0.15) is 0 Å². The zero-order valence-corrected chi connectivity index (χ0v) is 22.6. The van der Waals surface area contributed by atoms with Crippen molar-refractivity contribution in [1.29, 1.82) is 0 Å². The van der Waals surface area contributed by atoms with Gasteiger partial charge in [-0.3, -0.25) is 14.4 Å². The number of carbonyl (C=O) groups is 3. The lowest BCUT2D eigenvalue weighted by Crippen LogP contribution is -2.61. The van der Waals surface area contributed by atoms with Crippen molar-refractivity contribution in [3.8, 4) is 0 Å². The van der Waals surface area contributed by atoms with Crippen molar-refractivity contribution >= 4 is 17.9 Å². The molecule has 4 saturated heterocycles. The Bertz CT molecular complexity index is 887. The zero-order chi connectivity index (χ0) is 27.3. The lowest BCUT2D eigenvalue weighted by atomic mass is 9.89. The maximum absolute atomic E-state index is 12.0. The summed E-state index contributed by atoms with van der Waals surface area (Å²) in [5.74, 6) is -3.43. The molecule has 0 aromatic carbocycles. The molecule has 12 nitrogen and oxygen atoms in total. The van der Waals surface area contributed by atoms with Crippen molar-refractivity contribution in [3.05, 3.63) is 0 Å². The highest BCUT2D eigenvalue weighted by Gasteiger charge is 2.61. The summed E-state index contributed by atoms with van der Waals surface area (Å²) in [5.41, 5.74) is 0. The van der Waals surface area contributed by atoms with Crippen LogP contribution in [0.15, 0.2) is 0 Å². The van der Waals surface area contributed by atoms with Gasteiger partial charge in [-0.25, -0.2) is 0 Å². The monoisotopic (exact) mass is 530 g/mol. The molecule has 0 saturated carbocycles. The van der Waals surface area contributed by atoms with E-state index in [4.69, 9.17) is 42.6 Å². The molecule has 0 unspecified atom stereocenters. The maximum Gasteiger partial charge on any atom is 0.303 e. The minimum atomic E-state index is -1.04. The van der Waals surface area contributed by atoms with E-state index in [2.05, 4.69) is 0 Å². The van der Waals surface area contributed by atoms with Crippen LogP contribution in [0.25, 0.3) is 0 Å². The lowest BCUT2D eigenvalue weighted by molar-refractivity contribution is -0.252. The number of fused-ring (bicyclic) bond motifs is 3. The van der Waals surface area contributed by atoms with Gasteiger partial charge >= 0.3 is 17.9 Å². The highest BCUT2D eigenvalue weighted by molar-refractivity contribution is 5.68. The van der Waals surface area contributed by atoms with Crippen LogP contribution in [0.5, 0.6) is 0 Å². The van der Waals surface area contributed by atoms with Crippen LogP contribution in [0.1, 0.15) is 68.2 Å². The Kier molecular flexibility index (Phi) is 7.91. The van der Waals surface area contributed by atoms with Gasteiger partial charge in [0.15, 0.2) is 36.2 Å². The van der Waals surface area contributed by atoms with Gasteiger partial charge < -0.3 is 42.6 Å². The number of esters is 3. The fourth-order valence-corrected chi connectivity index (χ4v) is 5.60. The fourth-order valence-electron chi connectivity index (χ4n) is 5.60. The Labute approximate surface area is 216 Å². The number of carbonyl (C=O) groups excluding carboxylic acids is 3. The van der Waals surface area contributed by atoms with Crippen LogP contribution in [-0.2, 0) is 57.0 Å². The van der Waals surface area contributed by atoms with E-state index in [0.717, 1.165) is 0 Å². The minimum absolute atomic E-state index is 0.353. The second kappa shape index (κ2) is 10.4. The van der Waals surface area contributed by atoms with Crippen molar-refractivity contribution in [3.63, 3.8) is 0 Å². The molecular weight excluding hydrogens is 492 g/mol. The average molecular weight is 531 g/mol. The van der Waals surface area contributed by atoms with Crippen LogP contribution in [-0.4, -0.2) is 90.7 Å². The quantitative estimate of drug-likeness (QED) is 0.366. The SMILES string of the molecule is CC(=O)O[C@@H]1[C@H](OC(C)=O)[C@H](C)O[C@@H](CC[C@H]2O[C@@H]3OC(C)(C)O[C@@H]3[C@H]3OC(C)(C)O[C@H]32)[C@H]1OC(C)=O. The van der Waals surface area contributed by atoms with Gasteiger partial charge in [0.05, 0.1) is 18.3 Å². The molecule has 210 valence electrons. The van der Waals surface area contributed by atoms with E-state index in [-0.39, 0.29) is 0 Å². The molecule has 4 heterocycles. The van der Waals surface area contributed by atoms with Crippen molar-refractivity contribution in [1.82, 2.24) is 0 Å². The molecule has 0 aromatic rings. The molecule has 0 amide bonds. The van der Waals surface area contributed by atoms with Crippen molar-refractivity contribution in [2.75, 3.05) is 0 Å². The molecule has 0 aromatic heterocycles. The minimum Gasteiger partial charge on any atom is -0.456 e. The number of rotatable bonds is 6. The van der Waals surface area contributed by atoms with Gasteiger partial charge in [0.1, 0.15) is 18.3 Å². The number of hydrogen-bond donors (Lipinski definition) is 0. The smallest absolute Gasteiger partial charge is 0.303 e. The summed E-state index contributed by atoms with van der Waals surface area (Å²) in [5, 5.41) is 0. The first-order valence-electron chi connectivity index (χ1n) is 12.7. The Hall–Kier alpha value is -1.83. The van der Waals surface area contributed by atoms with E-state index in [1.54, 1.807) is 6.92 Å². The second-order valence-corrected chi connectivity index (χ2v) is 10.9. The molecule has 0 spiro atoms. The fraction of sp³-hybridized carbons (Fsp3) is 0.880. The van der Waals surface area contributed by atoms with Crippen LogP contribution in [0.4, 0.5) is 0 Å². The second-order valence-electron chi connectivity index (χ2n) is 10.9. The predicted octanol–water partition coefficient (Wildman–Crippen LogP) is 1.75. The molecule has 0 N–H and O–H groups in total. The van der Waals surface area contributed by atoms with Crippen molar-refractivity contribution < 1.29 is 57.0 Å². The molecule has 4 aliphatic rings. The largest absolute Gasteiger partial charge is 0.456 e. The van der Waals surface area contributed by atoms with E-state index in [1.165, 1.54) is 20.8 Å². The summed E-state index contributed by atoms with van der Waals surface area (Å²) in [6, 6.07) is 0. The highest BCUT2D eigenvalue weighted by Crippen LogP contribution is 2.45. The molecule has 0 radical (unpaired) electrons. The topological polar surface area (TPSA) is 134 Å². The number of hydrogen-bond acceptors (Lipinski definition) is 12. The van der Waals surface area contributed by atoms with Crippen LogP contribution in [0.2, 0.25) is 0 Å². The van der Waals surface area contributed by atoms with Gasteiger partial charge in [0.25, 0.3) is 0 Å². The summed E-state index contributed by atoms with van der Waals surface area (Å²) >= 11 is 0. The Balaban J connectivity index is 1.53. The van der Waals surface area contributed by atoms with E-state index < -0.39 is 90.7 Å². The van der Waals surface area contributed by atoms with Gasteiger partial charge in [0.2, 0.25) is 0 Å². The molecule has 10 atom stereocenters. The lowest BCUT2D eigenvalue weighted by Gasteiger charge is -2.44. The molecular formula is C25H38O12. The summed E-state index contributed by atoms with van der Waals surface area (Å²) in [6.07, 6.45) is -5.89. The zero-order valence-electron chi connectivity index (χ0n) is 22.6. The van der Waals surface area contributed by atoms with Gasteiger partial charge in [-0.1, -0.05) is 0 Å². The summed E-state index contributed by atoms with van der Waals surface area (Å²) in [4.78, 5) is 35.6. The van der Waals surface area contributed by atoms with Gasteiger partial charge in [-0.05, 0) is 47.5 Å². The Morgan fingerprint density at radius 1 is 0.622 bits per heavy atom. The van der Waals surface area contributed by atoms with Crippen LogP contribution < -0.4 is 0 Å². The first kappa shape index (κ1) is 28.2. The first-order chi connectivity index (χ1) is 17.2. The van der Waals surface area contributed by atoms with Gasteiger partial charge in [-0.15, -0.1) is 0 Å². The summed E-state index contributed by atoms with van der Waals surface area (Å²) < 4.78 is 53.3. The first-order valence-corrected chi connectivity index (χ1v) is 12.7. The Morgan fingerprint density at radius 2 is 1.11 bits per heavy atom. The third-order valence-corrected chi connectivity index (χ3v) is 6.76. The van der Waals surface area contributed by atoms with Crippen molar-refractivity contribution in [2.45, 2.75) is 141 Å². The average Bonchev–Trinajstić information content (AvgIpc) is 3.24. The molecule has 0 bridgehead atoms. The molecule has 4 fully saturated rings. The molecule has 4 aliphatic heterocycles. The van der Waals surface area contributed by atoms with Crippen LogP contribution in [0, 0.1) is 0 Å². The molecule has 37 heavy (non-hydrogen) atoms. The van der Waals surface area contributed by atoms with E-state index in [9.17, 15) is 14.4 Å². The third-order valence-electron chi connectivity index (χ3n) is 6.76. The van der Waals surface area contributed by atoms with E-state index >= 15 is 0 Å². The number of ether oxygens (including phenoxy) is 9. The molecule has 12 heteroatoms. The highest BCUT2D eigenvalue weighted by atomic mass is 16.9.